The predicted octanol–water partition coefficient (Wildman–Crippen LogP) is 3.75. The van der Waals surface area contributed by atoms with Crippen LogP contribution in [-0.4, -0.2) is 5.78 Å². The highest BCUT2D eigenvalue weighted by molar-refractivity contribution is 9.10. The van der Waals surface area contributed by atoms with Crippen molar-refractivity contribution in [1.29, 1.82) is 0 Å². The topological polar surface area (TPSA) is 17.1 Å². The number of benzene rings is 1. The molecule has 0 amide bonds. The van der Waals surface area contributed by atoms with Crippen LogP contribution in [0.4, 0.5) is 0 Å². The zero-order chi connectivity index (χ0) is 10.7. The van der Waals surface area contributed by atoms with Gasteiger partial charge in [0.2, 0.25) is 0 Å². The van der Waals surface area contributed by atoms with Crippen LogP contribution < -0.4 is 0 Å². The average Bonchev–Trinajstić information content (AvgIpc) is 2.22. The van der Waals surface area contributed by atoms with Gasteiger partial charge in [0.15, 0.2) is 0 Å². The number of rotatable bonds is 2. The van der Waals surface area contributed by atoms with Crippen LogP contribution in [0.15, 0.2) is 28.7 Å². The van der Waals surface area contributed by atoms with E-state index in [0.717, 1.165) is 25.7 Å². The van der Waals surface area contributed by atoms with Crippen molar-refractivity contribution in [2.75, 3.05) is 0 Å². The van der Waals surface area contributed by atoms with E-state index in [-0.39, 0.29) is 0 Å². The lowest BCUT2D eigenvalue weighted by Crippen LogP contribution is -2.16. The molecule has 1 nitrogen and oxygen atoms in total. The first kappa shape index (κ1) is 10.9. The lowest BCUT2D eigenvalue weighted by Gasteiger charge is -2.21. The molecule has 1 aliphatic carbocycles. The maximum atomic E-state index is 11.3. The fraction of sp³-hybridized carbons (Fsp3) is 0.462. The Hall–Kier alpha value is -0.630. The van der Waals surface area contributed by atoms with E-state index in [0.29, 0.717) is 11.7 Å². The van der Waals surface area contributed by atoms with E-state index in [2.05, 4.69) is 34.1 Å². The minimum Gasteiger partial charge on any atom is -0.300 e. The molecule has 1 aromatic rings. The standard InChI is InChI=1S/C13H15BrO/c14-13-7-2-1-5-11(13)8-10-4-3-6-12(15)9-10/h1-2,5,7,10H,3-4,6,8-9H2. The van der Waals surface area contributed by atoms with E-state index in [4.69, 9.17) is 0 Å². The van der Waals surface area contributed by atoms with Crippen LogP contribution in [-0.2, 0) is 11.2 Å². The highest BCUT2D eigenvalue weighted by Gasteiger charge is 2.20. The second-order valence-electron chi connectivity index (χ2n) is 4.30. The number of hydrogen-bond donors (Lipinski definition) is 0. The Morgan fingerprint density at radius 2 is 2.13 bits per heavy atom. The molecule has 1 atom stereocenters. The monoisotopic (exact) mass is 266 g/mol. The molecule has 0 heterocycles. The van der Waals surface area contributed by atoms with Crippen LogP contribution in [0.3, 0.4) is 0 Å². The summed E-state index contributed by atoms with van der Waals surface area (Å²) in [6, 6.07) is 8.30. The fourth-order valence-electron chi connectivity index (χ4n) is 2.26. The molecule has 1 aromatic carbocycles. The Bertz CT molecular complexity index is 359. The third kappa shape index (κ3) is 2.91. The van der Waals surface area contributed by atoms with Gasteiger partial charge in [0.05, 0.1) is 0 Å². The van der Waals surface area contributed by atoms with Gasteiger partial charge in [-0.05, 0) is 36.8 Å². The van der Waals surface area contributed by atoms with Crippen LogP contribution in [0.1, 0.15) is 31.2 Å². The summed E-state index contributed by atoms with van der Waals surface area (Å²) in [7, 11) is 0. The summed E-state index contributed by atoms with van der Waals surface area (Å²) >= 11 is 3.55. The van der Waals surface area contributed by atoms with Gasteiger partial charge in [-0.15, -0.1) is 0 Å². The van der Waals surface area contributed by atoms with Crippen molar-refractivity contribution >= 4 is 21.7 Å². The molecule has 1 saturated carbocycles. The molecule has 0 radical (unpaired) electrons. The first-order chi connectivity index (χ1) is 7.25. The van der Waals surface area contributed by atoms with Gasteiger partial charge in [-0.1, -0.05) is 34.1 Å². The predicted molar refractivity (Wildman–Crippen MR) is 64.8 cm³/mol. The van der Waals surface area contributed by atoms with Gasteiger partial charge in [-0.2, -0.15) is 0 Å². The second kappa shape index (κ2) is 4.93. The molecule has 1 fully saturated rings. The highest BCUT2D eigenvalue weighted by Crippen LogP contribution is 2.27. The summed E-state index contributed by atoms with van der Waals surface area (Å²) in [6.07, 6.45) is 4.89. The van der Waals surface area contributed by atoms with Crippen molar-refractivity contribution in [1.82, 2.24) is 0 Å². The summed E-state index contributed by atoms with van der Waals surface area (Å²) in [4.78, 5) is 11.3. The minimum absolute atomic E-state index is 0.443. The maximum absolute atomic E-state index is 11.3. The quantitative estimate of drug-likeness (QED) is 0.797. The van der Waals surface area contributed by atoms with Crippen LogP contribution >= 0.6 is 15.9 Å². The highest BCUT2D eigenvalue weighted by atomic mass is 79.9. The summed E-state index contributed by atoms with van der Waals surface area (Å²) in [5.74, 6) is 1.00. The fourth-order valence-corrected chi connectivity index (χ4v) is 2.71. The molecule has 2 rings (SSSR count). The first-order valence-electron chi connectivity index (χ1n) is 5.51. The van der Waals surface area contributed by atoms with Gasteiger partial charge >= 0.3 is 0 Å². The van der Waals surface area contributed by atoms with Crippen molar-refractivity contribution in [3.63, 3.8) is 0 Å². The zero-order valence-electron chi connectivity index (χ0n) is 8.71. The number of ketones is 1. The Kier molecular flexibility index (Phi) is 3.57. The Morgan fingerprint density at radius 1 is 1.33 bits per heavy atom. The van der Waals surface area contributed by atoms with Crippen LogP contribution in [0.2, 0.25) is 0 Å². The number of halogens is 1. The summed E-state index contributed by atoms with van der Waals surface area (Å²) in [6.45, 7) is 0. The molecule has 0 aliphatic heterocycles. The molecule has 1 aliphatic rings. The minimum atomic E-state index is 0.443. The molecule has 2 heteroatoms. The third-order valence-corrected chi connectivity index (χ3v) is 3.82. The van der Waals surface area contributed by atoms with E-state index in [1.807, 2.05) is 6.07 Å². The Morgan fingerprint density at radius 3 is 2.87 bits per heavy atom. The number of hydrogen-bond acceptors (Lipinski definition) is 1. The molecule has 0 aromatic heterocycles. The van der Waals surface area contributed by atoms with Gasteiger partial charge < -0.3 is 0 Å². The third-order valence-electron chi connectivity index (χ3n) is 3.05. The number of carbonyl (C=O) groups excluding carboxylic acids is 1. The zero-order valence-corrected chi connectivity index (χ0v) is 10.3. The smallest absolute Gasteiger partial charge is 0.133 e. The largest absolute Gasteiger partial charge is 0.300 e. The molecule has 0 bridgehead atoms. The number of Topliss-reactive ketones (excluding diaryl/α,β-unsaturated/α-hetero) is 1. The normalized spacial score (nSPS) is 21.7. The van der Waals surface area contributed by atoms with Gasteiger partial charge in [0.1, 0.15) is 5.78 Å². The Balaban J connectivity index is 2.02. The van der Waals surface area contributed by atoms with Crippen LogP contribution in [0.25, 0.3) is 0 Å². The van der Waals surface area contributed by atoms with Gasteiger partial charge in [0.25, 0.3) is 0 Å². The van der Waals surface area contributed by atoms with Gasteiger partial charge in [0, 0.05) is 17.3 Å². The van der Waals surface area contributed by atoms with Crippen molar-refractivity contribution in [3.05, 3.63) is 34.3 Å². The van der Waals surface area contributed by atoms with Crippen molar-refractivity contribution in [3.8, 4) is 0 Å². The van der Waals surface area contributed by atoms with E-state index in [1.54, 1.807) is 0 Å². The molecular weight excluding hydrogens is 252 g/mol. The molecule has 0 spiro atoms. The van der Waals surface area contributed by atoms with Crippen molar-refractivity contribution < 1.29 is 4.79 Å². The number of carbonyl (C=O) groups is 1. The summed E-state index contributed by atoms with van der Waals surface area (Å²) in [5, 5.41) is 0. The van der Waals surface area contributed by atoms with Crippen molar-refractivity contribution in [2.24, 2.45) is 5.92 Å². The van der Waals surface area contributed by atoms with E-state index in [1.165, 1.54) is 16.5 Å². The van der Waals surface area contributed by atoms with Crippen LogP contribution in [0, 0.1) is 5.92 Å². The Labute approximate surface area is 99.0 Å². The summed E-state index contributed by atoms with van der Waals surface area (Å²) < 4.78 is 1.17. The molecular formula is C13H15BrO. The van der Waals surface area contributed by atoms with E-state index >= 15 is 0 Å². The SMILES string of the molecule is O=C1CCCC(Cc2ccccc2Br)C1. The molecule has 0 saturated heterocycles. The molecule has 15 heavy (non-hydrogen) atoms. The van der Waals surface area contributed by atoms with E-state index in [9.17, 15) is 4.79 Å². The average molecular weight is 267 g/mol. The van der Waals surface area contributed by atoms with Gasteiger partial charge in [-0.25, -0.2) is 0 Å². The lowest BCUT2D eigenvalue weighted by atomic mass is 9.84. The van der Waals surface area contributed by atoms with Crippen molar-refractivity contribution in [2.45, 2.75) is 32.1 Å². The first-order valence-corrected chi connectivity index (χ1v) is 6.30. The maximum Gasteiger partial charge on any atom is 0.133 e. The molecule has 1 unspecified atom stereocenters. The van der Waals surface area contributed by atoms with Crippen LogP contribution in [0.5, 0.6) is 0 Å². The lowest BCUT2D eigenvalue weighted by molar-refractivity contribution is -0.121. The van der Waals surface area contributed by atoms with Gasteiger partial charge in [-0.3, -0.25) is 4.79 Å². The summed E-state index contributed by atoms with van der Waals surface area (Å²) in [5.41, 5.74) is 1.33. The molecule has 80 valence electrons. The molecule has 0 N–H and O–H groups in total. The van der Waals surface area contributed by atoms with E-state index < -0.39 is 0 Å². The second-order valence-corrected chi connectivity index (χ2v) is 5.15.